The molecule has 0 aromatic heterocycles. The van der Waals surface area contributed by atoms with Crippen molar-refractivity contribution in [3.05, 3.63) is 29.3 Å². The number of ether oxygens (including phenoxy) is 1. The summed E-state index contributed by atoms with van der Waals surface area (Å²) in [6, 6.07) is 5.35. The lowest BCUT2D eigenvalue weighted by atomic mass is 10.1. The van der Waals surface area contributed by atoms with E-state index >= 15 is 0 Å². The minimum Gasteiger partial charge on any atom is -0.380 e. The second-order valence-corrected chi connectivity index (χ2v) is 6.58. The predicted molar refractivity (Wildman–Crippen MR) is 73.3 cm³/mol. The first-order valence-electron chi connectivity index (χ1n) is 6.43. The van der Waals surface area contributed by atoms with Crippen LogP contribution in [0.4, 0.5) is 0 Å². The van der Waals surface area contributed by atoms with Gasteiger partial charge in [0, 0.05) is 26.2 Å². The zero-order valence-electron chi connectivity index (χ0n) is 11.1. The third kappa shape index (κ3) is 3.14. The minimum atomic E-state index is -3.45. The van der Waals surface area contributed by atoms with Crippen LogP contribution in [0.2, 0.25) is 0 Å². The van der Waals surface area contributed by atoms with E-state index in [9.17, 15) is 8.42 Å². The van der Waals surface area contributed by atoms with Gasteiger partial charge in [0.15, 0.2) is 0 Å². The molecule has 0 spiro atoms. The molecule has 0 atom stereocenters. The maximum Gasteiger partial charge on any atom is 0.243 e. The highest BCUT2D eigenvalue weighted by atomic mass is 32.2. The molecule has 0 amide bonds. The van der Waals surface area contributed by atoms with Gasteiger partial charge in [-0.15, -0.1) is 0 Å². The van der Waals surface area contributed by atoms with E-state index in [1.807, 2.05) is 19.1 Å². The Balaban J connectivity index is 2.37. The molecule has 6 heteroatoms. The van der Waals surface area contributed by atoms with E-state index in [-0.39, 0.29) is 0 Å². The van der Waals surface area contributed by atoms with Gasteiger partial charge in [0.25, 0.3) is 0 Å². The number of benzene rings is 1. The zero-order chi connectivity index (χ0) is 13.9. The van der Waals surface area contributed by atoms with Crippen LogP contribution in [0.3, 0.4) is 0 Å². The van der Waals surface area contributed by atoms with Crippen LogP contribution in [-0.2, 0) is 21.3 Å². The Kier molecular flexibility index (Phi) is 4.57. The quantitative estimate of drug-likeness (QED) is 0.893. The molecule has 0 aliphatic carbocycles. The average Bonchev–Trinajstić information content (AvgIpc) is 2.68. The van der Waals surface area contributed by atoms with Crippen molar-refractivity contribution in [2.45, 2.75) is 24.8 Å². The van der Waals surface area contributed by atoms with E-state index in [1.165, 1.54) is 4.31 Å². The predicted octanol–water partition coefficient (Wildman–Crippen LogP) is 0.865. The number of hydrogen-bond donors (Lipinski definition) is 1. The Morgan fingerprint density at radius 2 is 2.11 bits per heavy atom. The van der Waals surface area contributed by atoms with Crippen LogP contribution >= 0.6 is 0 Å². The minimum absolute atomic E-state index is 0.339. The number of nitrogens with zero attached hydrogens (tertiary/aromatic N) is 1. The van der Waals surface area contributed by atoms with Gasteiger partial charge in [0.05, 0.1) is 11.5 Å². The van der Waals surface area contributed by atoms with E-state index in [4.69, 9.17) is 10.5 Å². The van der Waals surface area contributed by atoms with Crippen LogP contribution in [-0.4, -0.2) is 39.0 Å². The normalized spacial score (nSPS) is 18.2. The molecule has 0 unspecified atom stereocenters. The summed E-state index contributed by atoms with van der Waals surface area (Å²) in [4.78, 5) is 0.359. The van der Waals surface area contributed by atoms with Gasteiger partial charge in [-0.25, -0.2) is 8.42 Å². The summed E-state index contributed by atoms with van der Waals surface area (Å²) in [5, 5.41) is 0. The summed E-state index contributed by atoms with van der Waals surface area (Å²) in [5.41, 5.74) is 7.17. The first-order valence-corrected chi connectivity index (χ1v) is 7.87. The van der Waals surface area contributed by atoms with Gasteiger partial charge in [-0.2, -0.15) is 4.31 Å². The van der Waals surface area contributed by atoms with Crippen molar-refractivity contribution in [1.82, 2.24) is 4.31 Å². The van der Waals surface area contributed by atoms with Gasteiger partial charge in [0.2, 0.25) is 10.0 Å². The fourth-order valence-electron chi connectivity index (χ4n) is 2.15. The molecular weight excluding hydrogens is 264 g/mol. The Labute approximate surface area is 114 Å². The van der Waals surface area contributed by atoms with Gasteiger partial charge in [-0.1, -0.05) is 12.1 Å². The molecule has 19 heavy (non-hydrogen) atoms. The fourth-order valence-corrected chi connectivity index (χ4v) is 3.89. The molecule has 1 aromatic rings. The Bertz CT molecular complexity index is 535. The van der Waals surface area contributed by atoms with Gasteiger partial charge in [0.1, 0.15) is 0 Å². The lowest BCUT2D eigenvalue weighted by Crippen LogP contribution is -2.33. The number of sulfonamides is 1. The number of aryl methyl sites for hydroxylation is 1. The smallest absolute Gasteiger partial charge is 0.243 e. The van der Waals surface area contributed by atoms with Crippen LogP contribution in [0.5, 0.6) is 0 Å². The molecule has 1 aliphatic rings. The van der Waals surface area contributed by atoms with Gasteiger partial charge >= 0.3 is 0 Å². The monoisotopic (exact) mass is 284 g/mol. The van der Waals surface area contributed by atoms with Crippen molar-refractivity contribution in [2.75, 3.05) is 26.3 Å². The number of nitrogens with two attached hydrogens (primary N) is 1. The number of hydrogen-bond acceptors (Lipinski definition) is 4. The first kappa shape index (κ1) is 14.5. The Hall–Kier alpha value is -0.950. The van der Waals surface area contributed by atoms with Crippen LogP contribution in [0.25, 0.3) is 0 Å². The van der Waals surface area contributed by atoms with Crippen molar-refractivity contribution >= 4 is 10.0 Å². The Morgan fingerprint density at radius 3 is 2.84 bits per heavy atom. The van der Waals surface area contributed by atoms with Crippen molar-refractivity contribution in [3.8, 4) is 0 Å². The molecule has 1 fully saturated rings. The van der Waals surface area contributed by atoms with Gasteiger partial charge in [-0.3, -0.25) is 0 Å². The molecule has 106 valence electrons. The maximum absolute atomic E-state index is 12.7. The molecule has 1 aromatic carbocycles. The third-order valence-electron chi connectivity index (χ3n) is 3.29. The SMILES string of the molecule is Cc1ccc(CN)cc1S(=O)(=O)N1CCCOCC1. The second-order valence-electron chi connectivity index (χ2n) is 4.67. The van der Waals surface area contributed by atoms with Crippen molar-refractivity contribution in [3.63, 3.8) is 0 Å². The molecule has 0 saturated carbocycles. The molecule has 0 bridgehead atoms. The molecule has 0 radical (unpaired) electrons. The second kappa shape index (κ2) is 6.00. The highest BCUT2D eigenvalue weighted by molar-refractivity contribution is 7.89. The highest BCUT2D eigenvalue weighted by Gasteiger charge is 2.26. The summed E-state index contributed by atoms with van der Waals surface area (Å²) >= 11 is 0. The summed E-state index contributed by atoms with van der Waals surface area (Å²) in [7, 11) is -3.45. The maximum atomic E-state index is 12.7. The van der Waals surface area contributed by atoms with Gasteiger partial charge < -0.3 is 10.5 Å². The van der Waals surface area contributed by atoms with E-state index in [2.05, 4.69) is 0 Å². The van der Waals surface area contributed by atoms with E-state index in [0.29, 0.717) is 37.7 Å². The van der Waals surface area contributed by atoms with Crippen LogP contribution in [0.1, 0.15) is 17.5 Å². The number of rotatable bonds is 3. The molecule has 1 saturated heterocycles. The van der Waals surface area contributed by atoms with Crippen molar-refractivity contribution in [1.29, 1.82) is 0 Å². The van der Waals surface area contributed by atoms with Crippen LogP contribution < -0.4 is 5.73 Å². The van der Waals surface area contributed by atoms with Crippen molar-refractivity contribution < 1.29 is 13.2 Å². The molecule has 2 rings (SSSR count). The third-order valence-corrected chi connectivity index (χ3v) is 5.33. The lowest BCUT2D eigenvalue weighted by molar-refractivity contribution is 0.148. The Morgan fingerprint density at radius 1 is 1.32 bits per heavy atom. The summed E-state index contributed by atoms with van der Waals surface area (Å²) in [6.45, 7) is 4.14. The molecular formula is C13H20N2O3S. The zero-order valence-corrected chi connectivity index (χ0v) is 11.9. The average molecular weight is 284 g/mol. The van der Waals surface area contributed by atoms with Crippen LogP contribution in [0, 0.1) is 6.92 Å². The largest absolute Gasteiger partial charge is 0.380 e. The summed E-state index contributed by atoms with van der Waals surface area (Å²) in [6.07, 6.45) is 0.731. The first-order chi connectivity index (χ1) is 9.05. The van der Waals surface area contributed by atoms with Crippen LogP contribution in [0.15, 0.2) is 23.1 Å². The lowest BCUT2D eigenvalue weighted by Gasteiger charge is -2.21. The topological polar surface area (TPSA) is 72.6 Å². The molecule has 1 aliphatic heterocycles. The van der Waals surface area contributed by atoms with E-state index in [1.54, 1.807) is 6.07 Å². The molecule has 1 heterocycles. The summed E-state index contributed by atoms with van der Waals surface area (Å²) < 4.78 is 32.1. The standard InChI is InChI=1S/C13H20N2O3S/c1-11-3-4-12(10-14)9-13(11)19(16,17)15-5-2-7-18-8-6-15/h3-4,9H,2,5-8,10,14H2,1H3. The molecule has 2 N–H and O–H groups in total. The summed E-state index contributed by atoms with van der Waals surface area (Å²) in [5.74, 6) is 0. The van der Waals surface area contributed by atoms with Crippen molar-refractivity contribution in [2.24, 2.45) is 5.73 Å². The van der Waals surface area contributed by atoms with E-state index in [0.717, 1.165) is 17.5 Å². The highest BCUT2D eigenvalue weighted by Crippen LogP contribution is 2.22. The van der Waals surface area contributed by atoms with Gasteiger partial charge in [-0.05, 0) is 30.5 Å². The fraction of sp³-hybridized carbons (Fsp3) is 0.538. The van der Waals surface area contributed by atoms with E-state index < -0.39 is 10.0 Å². The molecule has 5 nitrogen and oxygen atoms in total.